The maximum absolute atomic E-state index is 3.51. The number of para-hydroxylation sites is 1. The van der Waals surface area contributed by atoms with Gasteiger partial charge in [-0.25, -0.2) is 0 Å². The molecule has 0 saturated carbocycles. The highest BCUT2D eigenvalue weighted by Crippen LogP contribution is 2.31. The fraction of sp³-hybridized carbons (Fsp3) is 0.625. The minimum absolute atomic E-state index is 0.640. The fourth-order valence-corrected chi connectivity index (χ4v) is 2.91. The molecule has 2 nitrogen and oxygen atoms in total. The zero-order valence-electron chi connectivity index (χ0n) is 12.1. The standard InChI is InChI=1S/C16H26N2/c1-12(2)9-13(3)18(4)11-14-10-17-16-8-6-5-7-15(14)16/h5-8,12-14,17H,9-11H2,1-4H3. The number of benzene rings is 1. The molecule has 1 heterocycles. The van der Waals surface area contributed by atoms with Gasteiger partial charge in [0.15, 0.2) is 0 Å². The summed E-state index contributed by atoms with van der Waals surface area (Å²) in [5.74, 6) is 1.41. The van der Waals surface area contributed by atoms with E-state index in [4.69, 9.17) is 0 Å². The Morgan fingerprint density at radius 3 is 2.72 bits per heavy atom. The van der Waals surface area contributed by atoms with E-state index in [0.717, 1.165) is 19.0 Å². The summed E-state index contributed by atoms with van der Waals surface area (Å²) < 4.78 is 0. The van der Waals surface area contributed by atoms with E-state index in [2.05, 4.69) is 62.3 Å². The van der Waals surface area contributed by atoms with Crippen LogP contribution in [0, 0.1) is 5.92 Å². The van der Waals surface area contributed by atoms with Gasteiger partial charge in [-0.15, -0.1) is 0 Å². The molecular formula is C16H26N2. The van der Waals surface area contributed by atoms with Gasteiger partial charge in [-0.1, -0.05) is 32.0 Å². The smallest absolute Gasteiger partial charge is 0.0376 e. The molecule has 2 unspecified atom stereocenters. The van der Waals surface area contributed by atoms with Crippen LogP contribution in [0.1, 0.15) is 38.7 Å². The molecule has 1 aromatic rings. The van der Waals surface area contributed by atoms with Gasteiger partial charge in [0.05, 0.1) is 0 Å². The molecule has 0 bridgehead atoms. The Morgan fingerprint density at radius 1 is 1.28 bits per heavy atom. The van der Waals surface area contributed by atoms with Crippen molar-refractivity contribution >= 4 is 5.69 Å². The molecule has 0 radical (unpaired) electrons. The van der Waals surface area contributed by atoms with Gasteiger partial charge in [0.1, 0.15) is 0 Å². The third-order valence-corrected chi connectivity index (χ3v) is 4.01. The maximum atomic E-state index is 3.51. The van der Waals surface area contributed by atoms with E-state index in [0.29, 0.717) is 12.0 Å². The van der Waals surface area contributed by atoms with Crippen molar-refractivity contribution in [3.8, 4) is 0 Å². The number of rotatable bonds is 5. The fourth-order valence-electron chi connectivity index (χ4n) is 2.91. The summed E-state index contributed by atoms with van der Waals surface area (Å²) in [5.41, 5.74) is 2.81. The van der Waals surface area contributed by atoms with Crippen LogP contribution in [0.5, 0.6) is 0 Å². The SMILES string of the molecule is CC(C)CC(C)N(C)CC1CNc2ccccc21. The average molecular weight is 246 g/mol. The third kappa shape index (κ3) is 3.05. The zero-order valence-corrected chi connectivity index (χ0v) is 12.1. The average Bonchev–Trinajstić information content (AvgIpc) is 2.72. The molecule has 0 fully saturated rings. The van der Waals surface area contributed by atoms with E-state index in [-0.39, 0.29) is 0 Å². The quantitative estimate of drug-likeness (QED) is 0.854. The summed E-state index contributed by atoms with van der Waals surface area (Å²) in [6, 6.07) is 9.38. The Kier molecular flexibility index (Phi) is 4.28. The van der Waals surface area contributed by atoms with Crippen molar-refractivity contribution in [2.75, 3.05) is 25.5 Å². The van der Waals surface area contributed by atoms with Crippen LogP contribution >= 0.6 is 0 Å². The van der Waals surface area contributed by atoms with Gasteiger partial charge >= 0.3 is 0 Å². The first-order chi connectivity index (χ1) is 8.58. The molecule has 2 heteroatoms. The third-order valence-electron chi connectivity index (χ3n) is 4.01. The molecule has 0 aromatic heterocycles. The summed E-state index contributed by atoms with van der Waals surface area (Å²) in [6.45, 7) is 9.18. The minimum atomic E-state index is 0.640. The van der Waals surface area contributed by atoms with Crippen LogP contribution in [0.2, 0.25) is 0 Å². The molecule has 100 valence electrons. The van der Waals surface area contributed by atoms with E-state index < -0.39 is 0 Å². The van der Waals surface area contributed by atoms with Gasteiger partial charge in [-0.05, 0) is 37.9 Å². The first-order valence-electron chi connectivity index (χ1n) is 7.11. The van der Waals surface area contributed by atoms with Crippen LogP contribution in [0.3, 0.4) is 0 Å². The number of nitrogens with zero attached hydrogens (tertiary/aromatic N) is 1. The molecule has 0 aliphatic carbocycles. The zero-order chi connectivity index (χ0) is 13.1. The number of hydrogen-bond acceptors (Lipinski definition) is 2. The number of anilines is 1. The van der Waals surface area contributed by atoms with Gasteiger partial charge in [0, 0.05) is 30.7 Å². The molecule has 1 aromatic carbocycles. The highest BCUT2D eigenvalue weighted by atomic mass is 15.1. The lowest BCUT2D eigenvalue weighted by Gasteiger charge is -2.28. The lowest BCUT2D eigenvalue weighted by atomic mass is 9.99. The summed E-state index contributed by atoms with van der Waals surface area (Å²) in [6.07, 6.45) is 1.28. The maximum Gasteiger partial charge on any atom is 0.0376 e. The summed E-state index contributed by atoms with van der Waals surface area (Å²) in [4.78, 5) is 2.51. The van der Waals surface area contributed by atoms with Crippen molar-refractivity contribution in [2.45, 2.75) is 39.2 Å². The van der Waals surface area contributed by atoms with Crippen LogP contribution < -0.4 is 5.32 Å². The first kappa shape index (κ1) is 13.4. The van der Waals surface area contributed by atoms with Crippen molar-refractivity contribution in [1.82, 2.24) is 4.90 Å². The van der Waals surface area contributed by atoms with Crippen molar-refractivity contribution in [3.05, 3.63) is 29.8 Å². The Labute approximate surface area is 111 Å². The molecule has 1 aliphatic rings. The lowest BCUT2D eigenvalue weighted by Crippen LogP contribution is -2.34. The molecule has 0 saturated heterocycles. The van der Waals surface area contributed by atoms with Gasteiger partial charge in [-0.2, -0.15) is 0 Å². The highest BCUT2D eigenvalue weighted by molar-refractivity contribution is 5.57. The highest BCUT2D eigenvalue weighted by Gasteiger charge is 2.24. The molecule has 1 N–H and O–H groups in total. The van der Waals surface area contributed by atoms with Crippen molar-refractivity contribution < 1.29 is 0 Å². The Balaban J connectivity index is 1.95. The Morgan fingerprint density at radius 2 is 2.00 bits per heavy atom. The van der Waals surface area contributed by atoms with Gasteiger partial charge in [0.25, 0.3) is 0 Å². The minimum Gasteiger partial charge on any atom is -0.384 e. The van der Waals surface area contributed by atoms with Crippen LogP contribution in [-0.2, 0) is 0 Å². The van der Waals surface area contributed by atoms with E-state index in [1.807, 2.05) is 0 Å². The van der Waals surface area contributed by atoms with E-state index in [1.54, 1.807) is 0 Å². The Hall–Kier alpha value is -1.02. The van der Waals surface area contributed by atoms with Crippen LogP contribution in [0.25, 0.3) is 0 Å². The summed E-state index contributed by atoms with van der Waals surface area (Å²) in [7, 11) is 2.26. The van der Waals surface area contributed by atoms with Crippen LogP contribution in [0.4, 0.5) is 5.69 Å². The predicted octanol–water partition coefficient (Wildman–Crippen LogP) is 3.56. The number of nitrogens with one attached hydrogen (secondary N) is 1. The normalized spacial score (nSPS) is 20.0. The largest absolute Gasteiger partial charge is 0.384 e. The number of fused-ring (bicyclic) bond motifs is 1. The second-order valence-corrected chi connectivity index (χ2v) is 6.08. The molecule has 2 atom stereocenters. The van der Waals surface area contributed by atoms with Crippen molar-refractivity contribution in [3.63, 3.8) is 0 Å². The second kappa shape index (κ2) is 5.75. The molecule has 0 spiro atoms. The topological polar surface area (TPSA) is 15.3 Å². The molecule has 18 heavy (non-hydrogen) atoms. The van der Waals surface area contributed by atoms with E-state index in [1.165, 1.54) is 17.7 Å². The number of likely N-dealkylation sites (N-methyl/N-ethyl adjacent to an activating group) is 1. The summed E-state index contributed by atoms with van der Waals surface area (Å²) >= 11 is 0. The molecule has 0 amide bonds. The molecule has 2 rings (SSSR count). The van der Waals surface area contributed by atoms with Gasteiger partial charge < -0.3 is 10.2 Å². The summed E-state index contributed by atoms with van der Waals surface area (Å²) in [5, 5.41) is 3.51. The van der Waals surface area contributed by atoms with Crippen LogP contribution in [0.15, 0.2) is 24.3 Å². The second-order valence-electron chi connectivity index (χ2n) is 6.08. The number of hydrogen-bond donors (Lipinski definition) is 1. The van der Waals surface area contributed by atoms with Crippen molar-refractivity contribution in [1.29, 1.82) is 0 Å². The van der Waals surface area contributed by atoms with E-state index in [9.17, 15) is 0 Å². The van der Waals surface area contributed by atoms with Gasteiger partial charge in [0.2, 0.25) is 0 Å². The van der Waals surface area contributed by atoms with Gasteiger partial charge in [-0.3, -0.25) is 0 Å². The first-order valence-corrected chi connectivity index (χ1v) is 7.11. The van der Waals surface area contributed by atoms with Crippen molar-refractivity contribution in [2.24, 2.45) is 5.92 Å². The lowest BCUT2D eigenvalue weighted by molar-refractivity contribution is 0.219. The Bertz CT molecular complexity index is 386. The monoisotopic (exact) mass is 246 g/mol. The molecular weight excluding hydrogens is 220 g/mol. The van der Waals surface area contributed by atoms with E-state index >= 15 is 0 Å². The predicted molar refractivity (Wildman–Crippen MR) is 79.2 cm³/mol. The van der Waals surface area contributed by atoms with Crippen LogP contribution in [-0.4, -0.2) is 31.1 Å². The molecule has 1 aliphatic heterocycles.